The first kappa shape index (κ1) is 23.1. The van der Waals surface area contributed by atoms with E-state index < -0.39 is 0 Å². The lowest BCUT2D eigenvalue weighted by Gasteiger charge is -2.09. The van der Waals surface area contributed by atoms with Crippen molar-refractivity contribution >= 4 is 11.3 Å². The number of hydrogen-bond acceptors (Lipinski definition) is 2. The zero-order chi connectivity index (χ0) is 23.8. The van der Waals surface area contributed by atoms with E-state index in [0.29, 0.717) is 0 Å². The van der Waals surface area contributed by atoms with E-state index in [1.165, 1.54) is 22.3 Å². The molecule has 34 heavy (non-hydrogen) atoms. The van der Waals surface area contributed by atoms with Gasteiger partial charge in [-0.2, -0.15) is 0 Å². The number of benzene rings is 3. The second-order valence-electron chi connectivity index (χ2n) is 8.21. The summed E-state index contributed by atoms with van der Waals surface area (Å²) in [5.74, 6) is 0. The summed E-state index contributed by atoms with van der Waals surface area (Å²) in [6.45, 7) is 5.25. The van der Waals surface area contributed by atoms with Crippen LogP contribution in [0, 0.1) is 0 Å². The molecule has 2 aromatic heterocycles. The largest absolute Gasteiger partial charge is 0.388 e. The smallest absolute Gasteiger partial charge is 0.137 e. The fraction of sp³-hybridized carbons (Fsp3) is 0.129. The number of fused-ring (bicyclic) bond motifs is 1. The van der Waals surface area contributed by atoms with E-state index in [0.717, 1.165) is 35.4 Å². The number of aryl methyl sites for hydroxylation is 2. The van der Waals surface area contributed by atoms with Crippen molar-refractivity contribution in [2.45, 2.75) is 19.8 Å². The van der Waals surface area contributed by atoms with Crippen LogP contribution < -0.4 is 5.32 Å². The minimum absolute atomic E-state index is 0.953. The van der Waals surface area contributed by atoms with Gasteiger partial charge in [0.25, 0.3) is 0 Å². The maximum atomic E-state index is 4.61. The van der Waals surface area contributed by atoms with E-state index in [1.807, 2.05) is 20.2 Å². The Labute approximate surface area is 202 Å². The molecule has 0 aliphatic rings. The summed E-state index contributed by atoms with van der Waals surface area (Å²) in [7, 11) is 1.94. The van der Waals surface area contributed by atoms with Gasteiger partial charge in [-0.1, -0.05) is 72.8 Å². The number of allylic oxidation sites excluding steroid dienone is 1. The molecule has 0 aliphatic carbocycles. The minimum Gasteiger partial charge on any atom is -0.388 e. The number of rotatable bonds is 6. The van der Waals surface area contributed by atoms with Crippen molar-refractivity contribution in [3.05, 3.63) is 127 Å². The molecular formula is C31H31N3. The fourth-order valence-corrected chi connectivity index (χ4v) is 4.04. The van der Waals surface area contributed by atoms with E-state index in [2.05, 4.69) is 118 Å². The second-order valence-corrected chi connectivity index (χ2v) is 8.21. The van der Waals surface area contributed by atoms with Gasteiger partial charge in [0.05, 0.1) is 11.9 Å². The monoisotopic (exact) mass is 445 g/mol. The van der Waals surface area contributed by atoms with Gasteiger partial charge in [0.15, 0.2) is 0 Å². The molecule has 0 atom stereocenters. The number of imidazole rings is 1. The molecule has 3 heteroatoms. The number of anilines is 1. The summed E-state index contributed by atoms with van der Waals surface area (Å²) in [4.78, 5) is 4.61. The van der Waals surface area contributed by atoms with Crippen molar-refractivity contribution < 1.29 is 0 Å². The second kappa shape index (κ2) is 11.2. The molecule has 0 saturated heterocycles. The molecule has 0 unspecified atom stereocenters. The third kappa shape index (κ3) is 5.44. The van der Waals surface area contributed by atoms with Crippen LogP contribution in [0.15, 0.2) is 116 Å². The molecule has 5 rings (SSSR count). The van der Waals surface area contributed by atoms with Crippen LogP contribution >= 0.6 is 0 Å². The maximum absolute atomic E-state index is 4.61. The van der Waals surface area contributed by atoms with Crippen LogP contribution in [0.4, 0.5) is 5.69 Å². The van der Waals surface area contributed by atoms with Crippen molar-refractivity contribution in [1.82, 2.24) is 9.38 Å². The van der Waals surface area contributed by atoms with Crippen molar-refractivity contribution in [3.8, 4) is 22.4 Å². The average molecular weight is 446 g/mol. The third-order valence-corrected chi connectivity index (χ3v) is 5.76. The highest BCUT2D eigenvalue weighted by Crippen LogP contribution is 2.27. The summed E-state index contributed by atoms with van der Waals surface area (Å²) in [6, 6.07) is 32.2. The Hall–Kier alpha value is -4.11. The number of nitrogens with one attached hydrogen (secondary N) is 1. The average Bonchev–Trinajstić information content (AvgIpc) is 3.32. The molecular weight excluding hydrogens is 414 g/mol. The molecule has 0 radical (unpaired) electrons. The van der Waals surface area contributed by atoms with Crippen LogP contribution in [0.3, 0.4) is 0 Å². The van der Waals surface area contributed by atoms with E-state index >= 15 is 0 Å². The maximum Gasteiger partial charge on any atom is 0.137 e. The van der Waals surface area contributed by atoms with Gasteiger partial charge in [-0.25, -0.2) is 4.98 Å². The Balaban J connectivity index is 0.000000868. The van der Waals surface area contributed by atoms with Gasteiger partial charge in [0.2, 0.25) is 0 Å². The quantitative estimate of drug-likeness (QED) is 0.272. The lowest BCUT2D eigenvalue weighted by Crippen LogP contribution is -1.93. The van der Waals surface area contributed by atoms with E-state index in [1.54, 1.807) is 6.08 Å². The summed E-state index contributed by atoms with van der Waals surface area (Å²) in [5.41, 5.74) is 9.44. The normalized spacial score (nSPS) is 10.4. The van der Waals surface area contributed by atoms with Crippen molar-refractivity contribution in [3.63, 3.8) is 0 Å². The molecule has 0 fully saturated rings. The summed E-state index contributed by atoms with van der Waals surface area (Å²) < 4.78 is 2.18. The molecule has 2 heterocycles. The number of aromatic nitrogens is 2. The number of nitrogens with zero attached hydrogens (tertiary/aromatic N) is 2. The first-order valence-electron chi connectivity index (χ1n) is 11.7. The fourth-order valence-electron chi connectivity index (χ4n) is 4.04. The van der Waals surface area contributed by atoms with E-state index in [9.17, 15) is 0 Å². The Morgan fingerprint density at radius 1 is 0.794 bits per heavy atom. The molecule has 5 aromatic rings. The van der Waals surface area contributed by atoms with E-state index in [-0.39, 0.29) is 0 Å². The summed E-state index contributed by atoms with van der Waals surface area (Å²) in [6.07, 6.45) is 7.98. The van der Waals surface area contributed by atoms with Crippen molar-refractivity contribution in [2.24, 2.45) is 0 Å². The highest BCUT2D eigenvalue weighted by Gasteiger charge is 2.09. The first-order chi connectivity index (χ1) is 16.7. The molecule has 0 bridgehead atoms. The van der Waals surface area contributed by atoms with Crippen molar-refractivity contribution in [2.75, 3.05) is 12.4 Å². The molecule has 170 valence electrons. The molecule has 0 aliphatic heterocycles. The van der Waals surface area contributed by atoms with Gasteiger partial charge >= 0.3 is 0 Å². The Kier molecular flexibility index (Phi) is 7.56. The SMILES string of the molecule is C=CC.CNc1cccc(-c2cnc3ccc(-c4cccc(CCc5ccccc5)c4)cn23)c1. The molecule has 3 nitrogen and oxygen atoms in total. The molecule has 1 N–H and O–H groups in total. The third-order valence-electron chi connectivity index (χ3n) is 5.76. The van der Waals surface area contributed by atoms with Gasteiger partial charge in [0, 0.05) is 24.5 Å². The van der Waals surface area contributed by atoms with Crippen LogP contribution in [0.2, 0.25) is 0 Å². The molecule has 0 saturated carbocycles. The van der Waals surface area contributed by atoms with Crippen molar-refractivity contribution in [1.29, 1.82) is 0 Å². The standard InChI is InChI=1S/C28H25N3.C3H6/c1-29-26-12-6-11-24(18-26)27-19-30-28-16-15-25(20-31(27)28)23-10-5-9-22(17-23)14-13-21-7-3-2-4-8-21;1-3-2/h2-12,15-20,29H,13-14H2,1H3;3H,1H2,2H3. The number of pyridine rings is 1. The number of hydrogen-bond donors (Lipinski definition) is 1. The van der Waals surface area contributed by atoms with Crippen LogP contribution in [0.25, 0.3) is 28.0 Å². The summed E-state index contributed by atoms with van der Waals surface area (Å²) >= 11 is 0. The lowest BCUT2D eigenvalue weighted by molar-refractivity contribution is 0.961. The van der Waals surface area contributed by atoms with Crippen LogP contribution in [-0.2, 0) is 12.8 Å². The Morgan fingerprint density at radius 2 is 1.50 bits per heavy atom. The molecule has 0 amide bonds. The Bertz CT molecular complexity index is 1370. The Morgan fingerprint density at radius 3 is 2.29 bits per heavy atom. The highest BCUT2D eigenvalue weighted by atomic mass is 15.0. The zero-order valence-electron chi connectivity index (χ0n) is 19.9. The topological polar surface area (TPSA) is 29.3 Å². The van der Waals surface area contributed by atoms with Gasteiger partial charge < -0.3 is 5.32 Å². The van der Waals surface area contributed by atoms with Crippen LogP contribution in [0.1, 0.15) is 18.1 Å². The van der Waals surface area contributed by atoms with Crippen LogP contribution in [0.5, 0.6) is 0 Å². The minimum atomic E-state index is 0.953. The predicted molar refractivity (Wildman–Crippen MR) is 145 cm³/mol. The lowest BCUT2D eigenvalue weighted by atomic mass is 10.00. The predicted octanol–water partition coefficient (Wildman–Crippen LogP) is 7.69. The van der Waals surface area contributed by atoms with Crippen LogP contribution in [-0.4, -0.2) is 16.4 Å². The first-order valence-corrected chi connectivity index (χ1v) is 11.7. The van der Waals surface area contributed by atoms with Gasteiger partial charge in [0.1, 0.15) is 5.65 Å². The molecule has 0 spiro atoms. The van der Waals surface area contributed by atoms with Gasteiger partial charge in [-0.15, -0.1) is 6.58 Å². The summed E-state index contributed by atoms with van der Waals surface area (Å²) in [5, 5.41) is 3.21. The zero-order valence-corrected chi connectivity index (χ0v) is 19.9. The highest BCUT2D eigenvalue weighted by molar-refractivity contribution is 5.71. The van der Waals surface area contributed by atoms with Gasteiger partial charge in [-0.05, 0) is 66.3 Å². The van der Waals surface area contributed by atoms with Gasteiger partial charge in [-0.3, -0.25) is 4.40 Å². The van der Waals surface area contributed by atoms with E-state index in [4.69, 9.17) is 0 Å². The molecule has 3 aromatic carbocycles.